The van der Waals surface area contributed by atoms with Crippen LogP contribution < -0.4 is 5.32 Å². The van der Waals surface area contributed by atoms with Crippen molar-refractivity contribution in [1.29, 1.82) is 0 Å². The highest BCUT2D eigenvalue weighted by molar-refractivity contribution is 7.93. The van der Waals surface area contributed by atoms with E-state index < -0.39 is 32.6 Å². The van der Waals surface area contributed by atoms with Crippen molar-refractivity contribution in [2.24, 2.45) is 0 Å². The van der Waals surface area contributed by atoms with Crippen LogP contribution >= 0.6 is 11.3 Å². The predicted octanol–water partition coefficient (Wildman–Crippen LogP) is 3.97. The van der Waals surface area contributed by atoms with Gasteiger partial charge in [-0.1, -0.05) is 30.3 Å². The van der Waals surface area contributed by atoms with E-state index in [1.165, 1.54) is 36.4 Å². The number of sulfone groups is 1. The Morgan fingerprint density at radius 1 is 1.00 bits per heavy atom. The van der Waals surface area contributed by atoms with Crippen LogP contribution in [0.25, 0.3) is 0 Å². The first-order valence-electron chi connectivity index (χ1n) is 7.95. The van der Waals surface area contributed by atoms with Gasteiger partial charge in [0, 0.05) is 6.54 Å². The van der Waals surface area contributed by atoms with Crippen LogP contribution in [0.15, 0.2) is 70.3 Å². The molecule has 27 heavy (non-hydrogen) atoms. The average Bonchev–Trinajstić information content (AvgIpc) is 3.19. The predicted molar refractivity (Wildman–Crippen MR) is 99.4 cm³/mol. The summed E-state index contributed by atoms with van der Waals surface area (Å²) in [6.45, 7) is -0.279. The average molecular weight is 407 g/mol. The molecular formula is C19H15F2NO3S2. The van der Waals surface area contributed by atoms with Gasteiger partial charge in [0.2, 0.25) is 0 Å². The minimum Gasteiger partial charge on any atom is -0.350 e. The Kier molecular flexibility index (Phi) is 5.67. The van der Waals surface area contributed by atoms with Gasteiger partial charge in [0.05, 0.1) is 5.56 Å². The number of benzene rings is 2. The van der Waals surface area contributed by atoms with Crippen LogP contribution in [-0.4, -0.2) is 20.9 Å². The Hall–Kier alpha value is -2.58. The Morgan fingerprint density at radius 2 is 1.70 bits per heavy atom. The normalized spacial score (nSPS) is 12.5. The van der Waals surface area contributed by atoms with Crippen LogP contribution in [0.3, 0.4) is 0 Å². The van der Waals surface area contributed by atoms with E-state index in [9.17, 15) is 22.0 Å². The fraction of sp³-hybridized carbons (Fsp3) is 0.105. The lowest BCUT2D eigenvalue weighted by molar-refractivity contribution is 0.0949. The van der Waals surface area contributed by atoms with Crippen molar-refractivity contribution in [2.75, 3.05) is 6.54 Å². The third-order valence-corrected chi connectivity index (χ3v) is 7.49. The number of amides is 1. The molecule has 0 aliphatic heterocycles. The molecule has 1 heterocycles. The van der Waals surface area contributed by atoms with E-state index in [2.05, 4.69) is 5.32 Å². The molecule has 8 heteroatoms. The van der Waals surface area contributed by atoms with Crippen molar-refractivity contribution in [3.8, 4) is 0 Å². The van der Waals surface area contributed by atoms with Crippen molar-refractivity contribution in [3.05, 3.63) is 88.8 Å². The summed E-state index contributed by atoms with van der Waals surface area (Å²) in [6.07, 6.45) is 0. The number of carbonyl (C=O) groups excluding carboxylic acids is 1. The molecule has 3 rings (SSSR count). The summed E-state index contributed by atoms with van der Waals surface area (Å²) in [6, 6.07) is 13.5. The summed E-state index contributed by atoms with van der Waals surface area (Å²) in [5.41, 5.74) is 0.155. The van der Waals surface area contributed by atoms with Gasteiger partial charge in [0.15, 0.2) is 9.84 Å². The van der Waals surface area contributed by atoms with Crippen LogP contribution in [0.4, 0.5) is 8.78 Å². The molecule has 0 saturated carbocycles. The van der Waals surface area contributed by atoms with E-state index in [1.54, 1.807) is 11.4 Å². The molecule has 0 spiro atoms. The number of hydrogen-bond acceptors (Lipinski definition) is 4. The summed E-state index contributed by atoms with van der Waals surface area (Å²) < 4.78 is 53.1. The van der Waals surface area contributed by atoms with Crippen molar-refractivity contribution >= 4 is 27.1 Å². The van der Waals surface area contributed by atoms with Crippen LogP contribution in [0, 0.1) is 11.6 Å². The van der Waals surface area contributed by atoms with Gasteiger partial charge in [-0.15, -0.1) is 11.3 Å². The fourth-order valence-electron chi connectivity index (χ4n) is 2.58. The van der Waals surface area contributed by atoms with Crippen LogP contribution in [-0.2, 0) is 9.84 Å². The first-order valence-corrected chi connectivity index (χ1v) is 10.4. The van der Waals surface area contributed by atoms with Gasteiger partial charge in [0.1, 0.15) is 21.1 Å². The van der Waals surface area contributed by atoms with Crippen molar-refractivity contribution in [1.82, 2.24) is 5.32 Å². The maximum atomic E-state index is 13.8. The van der Waals surface area contributed by atoms with Gasteiger partial charge in [-0.25, -0.2) is 17.2 Å². The highest BCUT2D eigenvalue weighted by Gasteiger charge is 2.30. The molecule has 3 aromatic rings. The lowest BCUT2D eigenvalue weighted by Crippen LogP contribution is -2.32. The van der Waals surface area contributed by atoms with Crippen molar-refractivity contribution in [3.63, 3.8) is 0 Å². The molecule has 2 aromatic carbocycles. The number of thiophene rings is 1. The highest BCUT2D eigenvalue weighted by Crippen LogP contribution is 2.31. The number of hydrogen-bond donors (Lipinski definition) is 1. The molecule has 140 valence electrons. The molecule has 0 bridgehead atoms. The minimum absolute atomic E-state index is 0.136. The zero-order chi connectivity index (χ0) is 19.4. The molecule has 0 fully saturated rings. The quantitative estimate of drug-likeness (QED) is 0.673. The monoisotopic (exact) mass is 407 g/mol. The lowest BCUT2D eigenvalue weighted by Gasteiger charge is -2.18. The molecule has 0 radical (unpaired) electrons. The zero-order valence-electron chi connectivity index (χ0n) is 13.9. The van der Waals surface area contributed by atoms with Gasteiger partial charge in [-0.05, 0) is 41.3 Å². The largest absolute Gasteiger partial charge is 0.350 e. The molecular weight excluding hydrogens is 392 g/mol. The highest BCUT2D eigenvalue weighted by atomic mass is 32.2. The van der Waals surface area contributed by atoms with E-state index >= 15 is 0 Å². The molecule has 1 atom stereocenters. The first-order chi connectivity index (χ1) is 12.9. The first kappa shape index (κ1) is 19.2. The van der Waals surface area contributed by atoms with Crippen LogP contribution in [0.2, 0.25) is 0 Å². The topological polar surface area (TPSA) is 63.2 Å². The Labute approximate surface area is 159 Å². The molecule has 1 amide bonds. The SMILES string of the molecule is O=C(NC[C@H](c1ccc(F)cc1)S(=O)(=O)c1cccs1)c1ccccc1F. The fourth-order valence-corrected chi connectivity index (χ4v) is 5.44. The van der Waals surface area contributed by atoms with E-state index in [-0.39, 0.29) is 16.3 Å². The number of rotatable bonds is 6. The number of nitrogens with one attached hydrogen (secondary N) is 1. The molecule has 0 unspecified atom stereocenters. The third-order valence-electron chi connectivity index (χ3n) is 3.96. The Morgan fingerprint density at radius 3 is 2.33 bits per heavy atom. The van der Waals surface area contributed by atoms with E-state index in [4.69, 9.17) is 0 Å². The molecule has 0 aliphatic carbocycles. The van der Waals surface area contributed by atoms with Gasteiger partial charge in [0.25, 0.3) is 5.91 Å². The van der Waals surface area contributed by atoms with E-state index in [1.807, 2.05) is 0 Å². The van der Waals surface area contributed by atoms with Crippen LogP contribution in [0.5, 0.6) is 0 Å². The van der Waals surface area contributed by atoms with Crippen molar-refractivity contribution < 1.29 is 22.0 Å². The molecule has 0 aliphatic rings. The number of carbonyl (C=O) groups is 1. The molecule has 0 saturated heterocycles. The number of halogens is 2. The minimum atomic E-state index is -3.82. The Balaban J connectivity index is 1.90. The molecule has 4 nitrogen and oxygen atoms in total. The maximum Gasteiger partial charge on any atom is 0.254 e. The molecule has 1 aromatic heterocycles. The van der Waals surface area contributed by atoms with Crippen LogP contribution in [0.1, 0.15) is 21.2 Å². The van der Waals surface area contributed by atoms with Gasteiger partial charge >= 0.3 is 0 Å². The lowest BCUT2D eigenvalue weighted by atomic mass is 10.1. The second kappa shape index (κ2) is 7.98. The van der Waals surface area contributed by atoms with Gasteiger partial charge in [-0.2, -0.15) is 0 Å². The maximum absolute atomic E-state index is 13.8. The van der Waals surface area contributed by atoms with E-state index in [0.29, 0.717) is 5.56 Å². The summed E-state index contributed by atoms with van der Waals surface area (Å²) in [4.78, 5) is 12.3. The van der Waals surface area contributed by atoms with Gasteiger partial charge in [-0.3, -0.25) is 4.79 Å². The van der Waals surface area contributed by atoms with Crippen molar-refractivity contribution in [2.45, 2.75) is 9.46 Å². The molecule has 1 N–H and O–H groups in total. The van der Waals surface area contributed by atoms with E-state index in [0.717, 1.165) is 29.5 Å². The standard InChI is InChI=1S/C19H15F2NO3S2/c20-14-9-7-13(8-10-14)17(27(24,25)18-6-3-11-26-18)12-22-19(23)15-4-1-2-5-16(15)21/h1-11,17H,12H2,(H,22,23)/t17-/m1/s1. The smallest absolute Gasteiger partial charge is 0.254 e. The van der Waals surface area contributed by atoms with Gasteiger partial charge < -0.3 is 5.32 Å². The third kappa shape index (κ3) is 4.23. The summed E-state index contributed by atoms with van der Waals surface area (Å²) in [5, 5.41) is 2.97. The zero-order valence-corrected chi connectivity index (χ0v) is 15.6. The summed E-state index contributed by atoms with van der Waals surface area (Å²) in [7, 11) is -3.82. The second-order valence-electron chi connectivity index (χ2n) is 5.71. The summed E-state index contributed by atoms with van der Waals surface area (Å²) in [5.74, 6) is -1.92. The Bertz CT molecular complexity index is 1030. The second-order valence-corrected chi connectivity index (χ2v) is 9.01. The summed E-state index contributed by atoms with van der Waals surface area (Å²) >= 11 is 1.05.